The van der Waals surface area contributed by atoms with E-state index in [2.05, 4.69) is 16.1 Å². The third-order valence-electron chi connectivity index (χ3n) is 2.90. The van der Waals surface area contributed by atoms with E-state index in [9.17, 15) is 4.79 Å². The van der Waals surface area contributed by atoms with E-state index in [1.54, 1.807) is 12.3 Å². The summed E-state index contributed by atoms with van der Waals surface area (Å²) in [6.45, 7) is 1.59. The van der Waals surface area contributed by atoms with Crippen LogP contribution in [0.25, 0.3) is 0 Å². The lowest BCUT2D eigenvalue weighted by molar-refractivity contribution is -0.114. The smallest absolute Gasteiger partial charge is 0.250 e. The van der Waals surface area contributed by atoms with E-state index >= 15 is 0 Å². The van der Waals surface area contributed by atoms with Crippen molar-refractivity contribution in [3.8, 4) is 0 Å². The summed E-state index contributed by atoms with van der Waals surface area (Å²) in [7, 11) is 0. The Balaban J connectivity index is 2.04. The predicted molar refractivity (Wildman–Crippen MR) is 64.5 cm³/mol. The Morgan fingerprint density at radius 3 is 3.06 bits per heavy atom. The molecule has 2 N–H and O–H groups in total. The molecule has 5 heteroatoms. The minimum atomic E-state index is -0.416. The number of amides is 1. The normalized spacial score (nSPS) is 21.3. The van der Waals surface area contributed by atoms with Crippen LogP contribution in [0.3, 0.4) is 0 Å². The van der Waals surface area contributed by atoms with Crippen molar-refractivity contribution >= 4 is 12.1 Å². The van der Waals surface area contributed by atoms with Crippen LogP contribution in [-0.4, -0.2) is 35.0 Å². The first-order valence-corrected chi connectivity index (χ1v) is 5.39. The number of rotatable bonds is 1. The number of allylic oxidation sites excluding steroid dienone is 1. The second-order valence-corrected chi connectivity index (χ2v) is 4.09. The maximum atomic E-state index is 11.2. The molecule has 0 radical (unpaired) electrons. The summed E-state index contributed by atoms with van der Waals surface area (Å²) in [6, 6.07) is 0. The third kappa shape index (κ3) is 1.65. The van der Waals surface area contributed by atoms with Crippen LogP contribution in [0.2, 0.25) is 0 Å². The molecule has 0 saturated carbocycles. The van der Waals surface area contributed by atoms with Crippen molar-refractivity contribution in [1.29, 1.82) is 0 Å². The molecule has 3 aliphatic rings. The second kappa shape index (κ2) is 3.62. The van der Waals surface area contributed by atoms with Crippen molar-refractivity contribution in [3.05, 3.63) is 47.7 Å². The van der Waals surface area contributed by atoms with E-state index in [4.69, 9.17) is 5.73 Å². The van der Waals surface area contributed by atoms with Gasteiger partial charge in [0.15, 0.2) is 0 Å². The highest BCUT2D eigenvalue weighted by Crippen LogP contribution is 2.27. The summed E-state index contributed by atoms with van der Waals surface area (Å²) in [6.07, 6.45) is 11.1. The van der Waals surface area contributed by atoms with Crippen molar-refractivity contribution in [2.75, 3.05) is 13.1 Å². The average molecular weight is 228 g/mol. The molecule has 17 heavy (non-hydrogen) atoms. The van der Waals surface area contributed by atoms with Gasteiger partial charge in [0, 0.05) is 24.8 Å². The number of hydrogen-bond donors (Lipinski definition) is 1. The molecule has 0 saturated heterocycles. The zero-order valence-corrected chi connectivity index (χ0v) is 9.21. The van der Waals surface area contributed by atoms with Gasteiger partial charge in [0.05, 0.1) is 30.1 Å². The summed E-state index contributed by atoms with van der Waals surface area (Å²) in [5.41, 5.74) is 7.86. The van der Waals surface area contributed by atoms with E-state index in [1.807, 2.05) is 23.4 Å². The molecule has 5 nitrogen and oxygen atoms in total. The topological polar surface area (TPSA) is 61.9 Å². The Labute approximate surface area is 98.9 Å². The molecule has 1 amide bonds. The second-order valence-electron chi connectivity index (χ2n) is 4.09. The monoisotopic (exact) mass is 228 g/mol. The molecule has 0 atom stereocenters. The summed E-state index contributed by atoms with van der Waals surface area (Å²) >= 11 is 0. The van der Waals surface area contributed by atoms with Gasteiger partial charge < -0.3 is 15.5 Å². The fourth-order valence-corrected chi connectivity index (χ4v) is 2.04. The number of primary amides is 1. The first-order chi connectivity index (χ1) is 8.24. The number of carbonyl (C=O) groups is 1. The van der Waals surface area contributed by atoms with Crippen molar-refractivity contribution in [1.82, 2.24) is 9.80 Å². The van der Waals surface area contributed by atoms with Crippen LogP contribution < -0.4 is 5.73 Å². The zero-order chi connectivity index (χ0) is 11.8. The maximum absolute atomic E-state index is 11.2. The van der Waals surface area contributed by atoms with Gasteiger partial charge in [-0.1, -0.05) is 0 Å². The standard InChI is InChI=1S/C12H12N4O/c13-12(17)9-1-2-10-7-15-4-3-14-5-11(8-15)16(10)6-9/h1-3,5-7H,4,8H2,(H2,13,17). The third-order valence-corrected chi connectivity index (χ3v) is 2.90. The van der Waals surface area contributed by atoms with Crippen LogP contribution >= 0.6 is 0 Å². The molecule has 0 aliphatic carbocycles. The van der Waals surface area contributed by atoms with Gasteiger partial charge >= 0.3 is 0 Å². The predicted octanol–water partition coefficient (Wildman–Crippen LogP) is 0.310. The summed E-state index contributed by atoms with van der Waals surface area (Å²) in [5, 5.41) is 0. The SMILES string of the molecule is NC(=O)C1=CN2C(=CN3CC=NC=C2C3)C=C1. The fourth-order valence-electron chi connectivity index (χ4n) is 2.04. The van der Waals surface area contributed by atoms with Gasteiger partial charge in [0.1, 0.15) is 0 Å². The van der Waals surface area contributed by atoms with E-state index in [0.717, 1.165) is 24.5 Å². The summed E-state index contributed by atoms with van der Waals surface area (Å²) in [5.74, 6) is -0.416. The molecule has 2 bridgehead atoms. The maximum Gasteiger partial charge on any atom is 0.250 e. The minimum absolute atomic E-state index is 0.416. The molecule has 0 unspecified atom stereocenters. The summed E-state index contributed by atoms with van der Waals surface area (Å²) in [4.78, 5) is 19.5. The summed E-state index contributed by atoms with van der Waals surface area (Å²) < 4.78 is 0. The molecule has 3 aliphatic heterocycles. The van der Waals surface area contributed by atoms with Crippen LogP contribution in [0.5, 0.6) is 0 Å². The number of carbonyl (C=O) groups excluding carboxylic acids is 1. The molecule has 0 aromatic heterocycles. The molecule has 0 aromatic rings. The van der Waals surface area contributed by atoms with E-state index < -0.39 is 5.91 Å². The number of nitrogens with two attached hydrogens (primary N) is 1. The zero-order valence-electron chi connectivity index (χ0n) is 9.21. The number of nitrogens with zero attached hydrogens (tertiary/aromatic N) is 3. The quantitative estimate of drug-likeness (QED) is 0.702. The molecular formula is C12H12N4O. The molecule has 0 fully saturated rings. The van der Waals surface area contributed by atoms with Gasteiger partial charge in [-0.25, -0.2) is 0 Å². The molecule has 0 aromatic carbocycles. The van der Waals surface area contributed by atoms with Crippen molar-refractivity contribution in [3.63, 3.8) is 0 Å². The Bertz CT molecular complexity index is 525. The van der Waals surface area contributed by atoms with E-state index in [1.165, 1.54) is 0 Å². The molecular weight excluding hydrogens is 216 g/mol. The van der Waals surface area contributed by atoms with Crippen molar-refractivity contribution in [2.24, 2.45) is 10.7 Å². The average Bonchev–Trinajstić information content (AvgIpc) is 2.51. The van der Waals surface area contributed by atoms with E-state index in [0.29, 0.717) is 5.57 Å². The lowest BCUT2D eigenvalue weighted by Crippen LogP contribution is -2.35. The van der Waals surface area contributed by atoms with Crippen LogP contribution in [0.4, 0.5) is 0 Å². The first-order valence-electron chi connectivity index (χ1n) is 5.39. The lowest BCUT2D eigenvalue weighted by atomic mass is 10.1. The Kier molecular flexibility index (Phi) is 2.11. The Morgan fingerprint density at radius 2 is 2.24 bits per heavy atom. The Hall–Kier alpha value is -2.30. The van der Waals surface area contributed by atoms with E-state index in [-0.39, 0.29) is 0 Å². The Morgan fingerprint density at radius 1 is 1.35 bits per heavy atom. The largest absolute Gasteiger partial charge is 0.366 e. The van der Waals surface area contributed by atoms with Crippen LogP contribution in [-0.2, 0) is 4.79 Å². The number of hydrogen-bond acceptors (Lipinski definition) is 4. The molecule has 0 spiro atoms. The van der Waals surface area contributed by atoms with Gasteiger partial charge in [-0.05, 0) is 12.2 Å². The van der Waals surface area contributed by atoms with Crippen molar-refractivity contribution < 1.29 is 4.79 Å². The van der Waals surface area contributed by atoms with Gasteiger partial charge in [-0.3, -0.25) is 9.79 Å². The van der Waals surface area contributed by atoms with Gasteiger partial charge in [-0.2, -0.15) is 0 Å². The highest BCUT2D eigenvalue weighted by Gasteiger charge is 2.23. The molecule has 3 heterocycles. The van der Waals surface area contributed by atoms with Gasteiger partial charge in [0.25, 0.3) is 0 Å². The highest BCUT2D eigenvalue weighted by molar-refractivity contribution is 5.95. The molecule has 86 valence electrons. The number of aliphatic imine (C=N–C) groups is 1. The number of fused-ring (bicyclic) bond motifs is 4. The van der Waals surface area contributed by atoms with Crippen LogP contribution in [0.1, 0.15) is 0 Å². The van der Waals surface area contributed by atoms with Crippen LogP contribution in [0, 0.1) is 0 Å². The first kappa shape index (κ1) is 9.89. The fraction of sp³-hybridized carbons (Fsp3) is 0.167. The highest BCUT2D eigenvalue weighted by atomic mass is 16.1. The van der Waals surface area contributed by atoms with Crippen molar-refractivity contribution in [2.45, 2.75) is 0 Å². The minimum Gasteiger partial charge on any atom is -0.366 e. The lowest BCUT2D eigenvalue weighted by Gasteiger charge is -2.35. The van der Waals surface area contributed by atoms with Crippen LogP contribution in [0.15, 0.2) is 52.7 Å². The molecule has 3 rings (SSSR count). The van der Waals surface area contributed by atoms with Gasteiger partial charge in [-0.15, -0.1) is 0 Å². The van der Waals surface area contributed by atoms with Gasteiger partial charge in [0.2, 0.25) is 5.91 Å².